The summed E-state index contributed by atoms with van der Waals surface area (Å²) in [6.07, 6.45) is 1.95. The number of aliphatic hydroxyl groups excluding tert-OH is 2. The number of hydrogen-bond donors (Lipinski definition) is 2. The van der Waals surface area contributed by atoms with Gasteiger partial charge in [-0.15, -0.1) is 0 Å². The summed E-state index contributed by atoms with van der Waals surface area (Å²) in [5.74, 6) is 5.43. The molecular weight excluding hydrogens is 244 g/mol. The van der Waals surface area contributed by atoms with E-state index in [1.807, 2.05) is 6.92 Å². The van der Waals surface area contributed by atoms with Crippen molar-refractivity contribution in [2.45, 2.75) is 13.3 Å². The molecule has 0 radical (unpaired) electrons. The topological polar surface area (TPSA) is 73.7 Å². The highest BCUT2D eigenvalue weighted by molar-refractivity contribution is 5.92. The largest absolute Gasteiger partial charge is 0.395 e. The quantitative estimate of drug-likeness (QED) is 0.747. The van der Waals surface area contributed by atoms with E-state index < -0.39 is 0 Å². The molecule has 0 unspecified atom stereocenters. The Labute approximate surface area is 112 Å². The average Bonchev–Trinajstić information content (AvgIpc) is 2.45. The van der Waals surface area contributed by atoms with Crippen molar-refractivity contribution in [1.82, 2.24) is 9.88 Å². The lowest BCUT2D eigenvalue weighted by molar-refractivity contribution is 0.0726. The molecule has 0 atom stereocenters. The van der Waals surface area contributed by atoms with Crippen molar-refractivity contribution >= 4 is 5.91 Å². The van der Waals surface area contributed by atoms with Crippen molar-refractivity contribution < 1.29 is 15.0 Å². The van der Waals surface area contributed by atoms with Crippen LogP contribution < -0.4 is 0 Å². The maximum absolute atomic E-state index is 12.0. The van der Waals surface area contributed by atoms with E-state index in [9.17, 15) is 4.79 Å². The number of nitrogens with zero attached hydrogens (tertiary/aromatic N) is 2. The van der Waals surface area contributed by atoms with Crippen molar-refractivity contribution in [2.75, 3.05) is 26.3 Å². The number of likely N-dealkylation sites (N-methyl/N-ethyl adjacent to an activating group) is 1. The second kappa shape index (κ2) is 8.25. The van der Waals surface area contributed by atoms with E-state index >= 15 is 0 Å². The van der Waals surface area contributed by atoms with Crippen LogP contribution in [0.2, 0.25) is 0 Å². The second-order valence-corrected chi connectivity index (χ2v) is 3.82. The first-order valence-corrected chi connectivity index (χ1v) is 6.18. The lowest BCUT2D eigenvalue weighted by Crippen LogP contribution is -2.33. The van der Waals surface area contributed by atoms with E-state index in [4.69, 9.17) is 10.2 Å². The molecule has 1 rings (SSSR count). The summed E-state index contributed by atoms with van der Waals surface area (Å²) in [5, 5.41) is 17.5. The summed E-state index contributed by atoms with van der Waals surface area (Å²) >= 11 is 0. The van der Waals surface area contributed by atoms with Gasteiger partial charge in [-0.3, -0.25) is 4.79 Å². The van der Waals surface area contributed by atoms with Crippen LogP contribution in [-0.4, -0.2) is 52.3 Å². The van der Waals surface area contributed by atoms with Crippen LogP contribution in [-0.2, 0) is 0 Å². The molecule has 1 aromatic heterocycles. The Morgan fingerprint density at radius 2 is 2.16 bits per heavy atom. The summed E-state index contributed by atoms with van der Waals surface area (Å²) in [7, 11) is 0. The fraction of sp³-hybridized carbons (Fsp3) is 0.429. The van der Waals surface area contributed by atoms with Gasteiger partial charge in [-0.1, -0.05) is 11.8 Å². The van der Waals surface area contributed by atoms with Gasteiger partial charge in [-0.05, 0) is 19.1 Å². The molecule has 0 fully saturated rings. The summed E-state index contributed by atoms with van der Waals surface area (Å²) in [4.78, 5) is 17.6. The lowest BCUT2D eigenvalue weighted by Gasteiger charge is -2.18. The molecule has 102 valence electrons. The van der Waals surface area contributed by atoms with Crippen LogP contribution in [0.3, 0.4) is 0 Å². The minimum Gasteiger partial charge on any atom is -0.395 e. The van der Waals surface area contributed by atoms with Crippen LogP contribution >= 0.6 is 0 Å². The SMILES string of the molecule is CCN(CCO)C(=O)c1ccc(C#CCCO)cn1. The highest BCUT2D eigenvalue weighted by Crippen LogP contribution is 2.03. The maximum Gasteiger partial charge on any atom is 0.272 e. The van der Waals surface area contributed by atoms with Gasteiger partial charge in [0.05, 0.1) is 13.2 Å². The first-order valence-electron chi connectivity index (χ1n) is 6.18. The molecule has 0 saturated carbocycles. The number of hydrogen-bond acceptors (Lipinski definition) is 4. The normalized spacial score (nSPS) is 9.63. The standard InChI is InChI=1S/C14H18N2O3/c1-2-16(8-10-18)14(19)13-7-6-12(11-15-13)5-3-4-9-17/h6-7,11,17-18H,2,4,8-10H2,1H3. The van der Waals surface area contributed by atoms with Gasteiger partial charge < -0.3 is 15.1 Å². The first kappa shape index (κ1) is 15.2. The number of aromatic nitrogens is 1. The number of rotatable bonds is 5. The van der Waals surface area contributed by atoms with Crippen LogP contribution in [0, 0.1) is 11.8 Å². The molecule has 0 saturated heterocycles. The van der Waals surface area contributed by atoms with E-state index in [2.05, 4.69) is 16.8 Å². The van der Waals surface area contributed by atoms with Gasteiger partial charge in [0.15, 0.2) is 0 Å². The molecule has 0 aliphatic heterocycles. The molecule has 1 aromatic rings. The van der Waals surface area contributed by atoms with E-state index in [0.29, 0.717) is 30.8 Å². The molecule has 1 amide bonds. The number of pyridine rings is 1. The van der Waals surface area contributed by atoms with Crippen LogP contribution in [0.1, 0.15) is 29.4 Å². The van der Waals surface area contributed by atoms with Gasteiger partial charge in [0, 0.05) is 31.3 Å². The molecule has 0 aliphatic rings. The van der Waals surface area contributed by atoms with Gasteiger partial charge in [-0.2, -0.15) is 0 Å². The molecule has 5 heteroatoms. The molecule has 1 heterocycles. The second-order valence-electron chi connectivity index (χ2n) is 3.82. The Bertz CT molecular complexity index is 460. The first-order chi connectivity index (χ1) is 9.22. The summed E-state index contributed by atoms with van der Waals surface area (Å²) in [5.41, 5.74) is 1.04. The zero-order valence-electron chi connectivity index (χ0n) is 11.0. The smallest absolute Gasteiger partial charge is 0.272 e. The predicted molar refractivity (Wildman–Crippen MR) is 71.5 cm³/mol. The summed E-state index contributed by atoms with van der Waals surface area (Å²) < 4.78 is 0. The van der Waals surface area contributed by atoms with Crippen LogP contribution in [0.4, 0.5) is 0 Å². The van der Waals surface area contributed by atoms with Crippen LogP contribution in [0.5, 0.6) is 0 Å². The zero-order chi connectivity index (χ0) is 14.1. The Balaban J connectivity index is 2.75. The van der Waals surface area contributed by atoms with Crippen molar-refractivity contribution in [3.05, 3.63) is 29.6 Å². The van der Waals surface area contributed by atoms with E-state index in [1.165, 1.54) is 11.1 Å². The molecule has 0 aliphatic carbocycles. The third kappa shape index (κ3) is 4.70. The number of aliphatic hydroxyl groups is 2. The number of carbonyl (C=O) groups excluding carboxylic acids is 1. The number of amides is 1. The molecule has 2 N–H and O–H groups in total. The Morgan fingerprint density at radius 3 is 2.68 bits per heavy atom. The summed E-state index contributed by atoms with van der Waals surface area (Å²) in [6.45, 7) is 2.64. The van der Waals surface area contributed by atoms with Gasteiger partial charge in [0.25, 0.3) is 5.91 Å². The van der Waals surface area contributed by atoms with Crippen molar-refractivity contribution in [1.29, 1.82) is 0 Å². The molecule has 0 aromatic carbocycles. The van der Waals surface area contributed by atoms with E-state index in [1.54, 1.807) is 12.1 Å². The third-order valence-corrected chi connectivity index (χ3v) is 2.49. The highest BCUT2D eigenvalue weighted by Gasteiger charge is 2.14. The monoisotopic (exact) mass is 262 g/mol. The van der Waals surface area contributed by atoms with Gasteiger partial charge in [0.2, 0.25) is 0 Å². The fourth-order valence-corrected chi connectivity index (χ4v) is 1.50. The predicted octanol–water partition coefficient (Wildman–Crippen LogP) is 0.270. The van der Waals surface area contributed by atoms with Crippen molar-refractivity contribution in [2.24, 2.45) is 0 Å². The third-order valence-electron chi connectivity index (χ3n) is 2.49. The molecule has 0 bridgehead atoms. The van der Waals surface area contributed by atoms with Gasteiger partial charge in [0.1, 0.15) is 5.69 Å². The Kier molecular flexibility index (Phi) is 6.58. The Morgan fingerprint density at radius 1 is 1.37 bits per heavy atom. The van der Waals surface area contributed by atoms with Crippen LogP contribution in [0.15, 0.2) is 18.3 Å². The molecule has 19 heavy (non-hydrogen) atoms. The highest BCUT2D eigenvalue weighted by atomic mass is 16.3. The van der Waals surface area contributed by atoms with Crippen LogP contribution in [0.25, 0.3) is 0 Å². The molecule has 0 spiro atoms. The summed E-state index contributed by atoms with van der Waals surface area (Å²) in [6, 6.07) is 3.34. The van der Waals surface area contributed by atoms with Crippen molar-refractivity contribution in [3.8, 4) is 11.8 Å². The lowest BCUT2D eigenvalue weighted by atomic mass is 10.2. The fourth-order valence-electron chi connectivity index (χ4n) is 1.50. The minimum absolute atomic E-state index is 0.0314. The van der Waals surface area contributed by atoms with Gasteiger partial charge >= 0.3 is 0 Å². The Hall–Kier alpha value is -1.90. The average molecular weight is 262 g/mol. The maximum atomic E-state index is 12.0. The van der Waals surface area contributed by atoms with Gasteiger partial charge in [-0.25, -0.2) is 4.98 Å². The molecule has 5 nitrogen and oxygen atoms in total. The zero-order valence-corrected chi connectivity index (χ0v) is 11.0. The van der Waals surface area contributed by atoms with Crippen molar-refractivity contribution in [3.63, 3.8) is 0 Å². The number of carbonyl (C=O) groups is 1. The van der Waals surface area contributed by atoms with E-state index in [-0.39, 0.29) is 19.1 Å². The minimum atomic E-state index is -0.202. The van der Waals surface area contributed by atoms with E-state index in [0.717, 1.165) is 0 Å². The molecular formula is C14H18N2O3.